The molecule has 0 aromatic carbocycles. The summed E-state index contributed by atoms with van der Waals surface area (Å²) in [5, 5.41) is 5.00. The highest BCUT2D eigenvalue weighted by Crippen LogP contribution is 2.16. The zero-order valence-corrected chi connectivity index (χ0v) is 12.9. The second-order valence-electron chi connectivity index (χ2n) is 4.64. The van der Waals surface area contributed by atoms with Gasteiger partial charge in [0, 0.05) is 25.0 Å². The van der Waals surface area contributed by atoms with E-state index in [0.717, 1.165) is 12.6 Å². The third-order valence-electron chi connectivity index (χ3n) is 3.05. The van der Waals surface area contributed by atoms with E-state index in [1.807, 2.05) is 24.4 Å². The minimum Gasteiger partial charge on any atom is -0.370 e. The van der Waals surface area contributed by atoms with Crippen LogP contribution in [0.1, 0.15) is 22.2 Å². The third-order valence-corrected chi connectivity index (χ3v) is 3.99. The van der Waals surface area contributed by atoms with Crippen molar-refractivity contribution in [3.63, 3.8) is 0 Å². The van der Waals surface area contributed by atoms with Crippen molar-refractivity contribution in [2.75, 3.05) is 25.5 Å². The number of pyridine rings is 1. The summed E-state index contributed by atoms with van der Waals surface area (Å²) in [6.07, 6.45) is 1.90. The lowest BCUT2D eigenvalue weighted by Crippen LogP contribution is -2.29. The van der Waals surface area contributed by atoms with Gasteiger partial charge in [-0.2, -0.15) is 0 Å². The molecular formula is C15H18FN3OS. The number of halogens is 1. The molecule has 0 aliphatic rings. The van der Waals surface area contributed by atoms with Crippen molar-refractivity contribution in [1.29, 1.82) is 0 Å². The topological polar surface area (TPSA) is 45.2 Å². The smallest absolute Gasteiger partial charge is 0.257 e. The van der Waals surface area contributed by atoms with Crippen molar-refractivity contribution >= 4 is 23.1 Å². The van der Waals surface area contributed by atoms with Gasteiger partial charge in [-0.25, -0.2) is 9.37 Å². The highest BCUT2D eigenvalue weighted by atomic mass is 32.1. The maximum atomic E-state index is 13.4. The zero-order chi connectivity index (χ0) is 15.2. The lowest BCUT2D eigenvalue weighted by molar-refractivity contribution is 0.0797. The molecule has 0 atom stereocenters. The quantitative estimate of drug-likeness (QED) is 0.892. The Morgan fingerprint density at radius 2 is 2.33 bits per heavy atom. The lowest BCUT2D eigenvalue weighted by Gasteiger charge is -2.18. The molecule has 4 nitrogen and oxygen atoms in total. The van der Waals surface area contributed by atoms with E-state index in [4.69, 9.17) is 0 Å². The highest BCUT2D eigenvalue weighted by Gasteiger charge is 2.17. The molecule has 2 aromatic rings. The molecule has 1 amide bonds. The summed E-state index contributed by atoms with van der Waals surface area (Å²) < 4.78 is 13.4. The van der Waals surface area contributed by atoms with Crippen LogP contribution in [0.5, 0.6) is 0 Å². The normalized spacial score (nSPS) is 10.4. The molecule has 0 aliphatic carbocycles. The summed E-state index contributed by atoms with van der Waals surface area (Å²) in [5.41, 5.74) is 0.269. The number of nitrogens with one attached hydrogen (secondary N) is 1. The van der Waals surface area contributed by atoms with Gasteiger partial charge in [-0.3, -0.25) is 4.79 Å². The largest absolute Gasteiger partial charge is 0.370 e. The molecule has 0 spiro atoms. The van der Waals surface area contributed by atoms with E-state index in [9.17, 15) is 9.18 Å². The van der Waals surface area contributed by atoms with E-state index in [1.165, 1.54) is 10.9 Å². The fraction of sp³-hybridized carbons (Fsp3) is 0.333. The van der Waals surface area contributed by atoms with Gasteiger partial charge in [-0.1, -0.05) is 6.07 Å². The predicted octanol–water partition coefficient (Wildman–Crippen LogP) is 3.03. The molecule has 2 rings (SSSR count). The van der Waals surface area contributed by atoms with Crippen LogP contribution in [0.25, 0.3) is 0 Å². The number of anilines is 1. The van der Waals surface area contributed by atoms with Gasteiger partial charge >= 0.3 is 0 Å². The Hall–Kier alpha value is -1.95. The van der Waals surface area contributed by atoms with Crippen molar-refractivity contribution in [3.05, 3.63) is 46.0 Å². The number of carbonyl (C=O) groups is 1. The van der Waals surface area contributed by atoms with E-state index < -0.39 is 5.82 Å². The van der Waals surface area contributed by atoms with Crippen LogP contribution in [-0.2, 0) is 6.42 Å². The molecule has 0 saturated carbocycles. The second kappa shape index (κ2) is 7.17. The lowest BCUT2D eigenvalue weighted by atomic mass is 10.2. The van der Waals surface area contributed by atoms with Crippen LogP contribution in [0.15, 0.2) is 29.8 Å². The fourth-order valence-electron chi connectivity index (χ4n) is 1.95. The van der Waals surface area contributed by atoms with Gasteiger partial charge in [-0.05, 0) is 30.9 Å². The van der Waals surface area contributed by atoms with Crippen LogP contribution in [0.4, 0.5) is 10.2 Å². The van der Waals surface area contributed by atoms with Crippen molar-refractivity contribution in [2.45, 2.75) is 13.3 Å². The van der Waals surface area contributed by atoms with Crippen LogP contribution >= 0.6 is 11.3 Å². The Bertz CT molecular complexity index is 601. The fourth-order valence-corrected chi connectivity index (χ4v) is 2.65. The van der Waals surface area contributed by atoms with E-state index in [0.29, 0.717) is 18.9 Å². The Balaban J connectivity index is 2.09. The maximum Gasteiger partial charge on any atom is 0.257 e. The molecular weight excluding hydrogens is 289 g/mol. The number of thiophene rings is 1. The Morgan fingerprint density at radius 1 is 1.52 bits per heavy atom. The summed E-state index contributed by atoms with van der Waals surface area (Å²) in [6, 6.07) is 5.26. The van der Waals surface area contributed by atoms with Gasteiger partial charge in [0.2, 0.25) is 0 Å². The van der Waals surface area contributed by atoms with Crippen molar-refractivity contribution < 1.29 is 9.18 Å². The Labute approximate surface area is 127 Å². The van der Waals surface area contributed by atoms with Crippen LogP contribution in [0.2, 0.25) is 0 Å². The minimum atomic E-state index is -0.508. The average Bonchev–Trinajstić information content (AvgIpc) is 2.99. The van der Waals surface area contributed by atoms with Gasteiger partial charge in [0.1, 0.15) is 11.6 Å². The Kier molecular flexibility index (Phi) is 5.27. The van der Waals surface area contributed by atoms with Crippen LogP contribution in [0.3, 0.4) is 0 Å². The number of aromatic nitrogens is 1. The van der Waals surface area contributed by atoms with Crippen LogP contribution in [0, 0.1) is 5.82 Å². The number of hydrogen-bond acceptors (Lipinski definition) is 4. The number of amides is 1. The van der Waals surface area contributed by atoms with Crippen molar-refractivity contribution in [3.8, 4) is 0 Å². The van der Waals surface area contributed by atoms with E-state index in [2.05, 4.69) is 10.3 Å². The number of likely N-dealkylation sites (N-methyl/N-ethyl adjacent to an activating group) is 1. The summed E-state index contributed by atoms with van der Waals surface area (Å²) >= 11 is 1.66. The summed E-state index contributed by atoms with van der Waals surface area (Å²) in [7, 11) is 1.72. The first-order valence-corrected chi connectivity index (χ1v) is 7.67. The van der Waals surface area contributed by atoms with E-state index >= 15 is 0 Å². The van der Waals surface area contributed by atoms with Crippen LogP contribution in [-0.4, -0.2) is 35.9 Å². The van der Waals surface area contributed by atoms with Gasteiger partial charge in [0.15, 0.2) is 0 Å². The maximum absolute atomic E-state index is 13.4. The standard InChI is InChI=1S/C15H18FN3OS/c1-3-17-14-13(9-11(16)10-18-14)15(20)19(2)7-6-12-5-4-8-21-12/h4-5,8-10H,3,6-7H2,1-2H3,(H,17,18). The molecule has 0 radical (unpaired) electrons. The molecule has 0 aliphatic heterocycles. The molecule has 21 heavy (non-hydrogen) atoms. The summed E-state index contributed by atoms with van der Waals surface area (Å²) in [6.45, 7) is 3.11. The minimum absolute atomic E-state index is 0.227. The van der Waals surface area contributed by atoms with Gasteiger partial charge in [-0.15, -0.1) is 11.3 Å². The number of rotatable bonds is 6. The van der Waals surface area contributed by atoms with Crippen LogP contribution < -0.4 is 5.32 Å². The SMILES string of the molecule is CCNc1ncc(F)cc1C(=O)N(C)CCc1cccs1. The predicted molar refractivity (Wildman–Crippen MR) is 83.3 cm³/mol. The first-order chi connectivity index (χ1) is 10.1. The first kappa shape index (κ1) is 15.4. The molecule has 2 aromatic heterocycles. The van der Waals surface area contributed by atoms with E-state index in [-0.39, 0.29) is 11.5 Å². The summed E-state index contributed by atoms with van der Waals surface area (Å²) in [4.78, 5) is 19.2. The Morgan fingerprint density at radius 3 is 3.00 bits per heavy atom. The molecule has 0 bridgehead atoms. The third kappa shape index (κ3) is 4.01. The molecule has 0 saturated heterocycles. The average molecular weight is 307 g/mol. The number of nitrogens with zero attached hydrogens (tertiary/aromatic N) is 2. The van der Waals surface area contributed by atoms with Gasteiger partial charge in [0.25, 0.3) is 5.91 Å². The number of hydrogen-bond donors (Lipinski definition) is 1. The zero-order valence-electron chi connectivity index (χ0n) is 12.1. The van der Waals surface area contributed by atoms with Gasteiger partial charge in [0.05, 0.1) is 11.8 Å². The van der Waals surface area contributed by atoms with Crippen molar-refractivity contribution in [1.82, 2.24) is 9.88 Å². The molecule has 0 unspecified atom stereocenters. The second-order valence-corrected chi connectivity index (χ2v) is 5.67. The molecule has 0 fully saturated rings. The first-order valence-electron chi connectivity index (χ1n) is 6.79. The highest BCUT2D eigenvalue weighted by molar-refractivity contribution is 7.09. The number of carbonyl (C=O) groups excluding carboxylic acids is 1. The molecule has 112 valence electrons. The molecule has 1 N–H and O–H groups in total. The monoisotopic (exact) mass is 307 g/mol. The van der Waals surface area contributed by atoms with Crippen molar-refractivity contribution in [2.24, 2.45) is 0 Å². The van der Waals surface area contributed by atoms with E-state index in [1.54, 1.807) is 23.3 Å². The molecule has 2 heterocycles. The van der Waals surface area contributed by atoms with Gasteiger partial charge < -0.3 is 10.2 Å². The summed E-state index contributed by atoms with van der Waals surface area (Å²) in [5.74, 6) is -0.312. The molecule has 6 heteroatoms.